The molecule has 0 amide bonds. The standard InChI is InChI=1S/C18H23F3N4S/c1-5-11(2)22-17(26)23-16-12(3)24-25(13(16)4)10-14-7-6-8-15(9-14)18(19,20)21/h6-9,11H,5,10H2,1-4H3,(H2,22,23,26)/t11-/m1/s1. The molecule has 26 heavy (non-hydrogen) atoms. The minimum Gasteiger partial charge on any atom is -0.360 e. The van der Waals surface area contributed by atoms with Crippen molar-refractivity contribution >= 4 is 23.0 Å². The average molecular weight is 384 g/mol. The molecule has 1 atom stereocenters. The first-order valence-corrected chi connectivity index (χ1v) is 8.80. The van der Waals surface area contributed by atoms with E-state index in [-0.39, 0.29) is 12.6 Å². The van der Waals surface area contributed by atoms with Gasteiger partial charge in [0.05, 0.1) is 29.2 Å². The predicted molar refractivity (Wildman–Crippen MR) is 101 cm³/mol. The van der Waals surface area contributed by atoms with Crippen LogP contribution in [0.4, 0.5) is 18.9 Å². The molecule has 0 saturated heterocycles. The van der Waals surface area contributed by atoms with Gasteiger partial charge in [0.2, 0.25) is 0 Å². The Bertz CT molecular complexity index is 783. The number of hydrogen-bond acceptors (Lipinski definition) is 2. The number of nitrogens with zero attached hydrogens (tertiary/aromatic N) is 2. The monoisotopic (exact) mass is 384 g/mol. The molecule has 0 saturated carbocycles. The molecule has 0 aliphatic heterocycles. The molecule has 0 radical (unpaired) electrons. The summed E-state index contributed by atoms with van der Waals surface area (Å²) in [4.78, 5) is 0. The van der Waals surface area contributed by atoms with E-state index in [9.17, 15) is 13.2 Å². The van der Waals surface area contributed by atoms with Crippen LogP contribution in [0.15, 0.2) is 24.3 Å². The molecule has 0 aliphatic carbocycles. The molecule has 1 aromatic heterocycles. The van der Waals surface area contributed by atoms with Crippen molar-refractivity contribution < 1.29 is 13.2 Å². The van der Waals surface area contributed by atoms with Gasteiger partial charge in [0.25, 0.3) is 0 Å². The van der Waals surface area contributed by atoms with Crippen LogP contribution in [0.3, 0.4) is 0 Å². The SMILES string of the molecule is CC[C@@H](C)NC(=S)Nc1c(C)nn(Cc2cccc(C(F)(F)F)c2)c1C. The maximum Gasteiger partial charge on any atom is 0.416 e. The highest BCUT2D eigenvalue weighted by atomic mass is 32.1. The molecule has 0 aliphatic rings. The molecule has 0 bridgehead atoms. The van der Waals surface area contributed by atoms with Crippen molar-refractivity contribution in [1.29, 1.82) is 0 Å². The Labute approximate surface area is 156 Å². The van der Waals surface area contributed by atoms with Crippen LogP contribution in [-0.4, -0.2) is 20.9 Å². The number of aromatic nitrogens is 2. The molecule has 2 aromatic rings. The summed E-state index contributed by atoms with van der Waals surface area (Å²) in [5, 5.41) is 11.3. The zero-order valence-electron chi connectivity index (χ0n) is 15.2. The summed E-state index contributed by atoms with van der Waals surface area (Å²) in [6.45, 7) is 8.05. The highest BCUT2D eigenvalue weighted by molar-refractivity contribution is 7.80. The second-order valence-electron chi connectivity index (χ2n) is 6.31. The molecule has 4 nitrogen and oxygen atoms in total. The summed E-state index contributed by atoms with van der Waals surface area (Å²) in [5.41, 5.74) is 2.21. The number of alkyl halides is 3. The van der Waals surface area contributed by atoms with E-state index in [2.05, 4.69) is 22.7 Å². The van der Waals surface area contributed by atoms with Crippen LogP contribution in [0, 0.1) is 13.8 Å². The van der Waals surface area contributed by atoms with E-state index in [0.717, 1.165) is 35.6 Å². The average Bonchev–Trinajstić information content (AvgIpc) is 2.81. The summed E-state index contributed by atoms with van der Waals surface area (Å²) in [7, 11) is 0. The quantitative estimate of drug-likeness (QED) is 0.737. The highest BCUT2D eigenvalue weighted by Gasteiger charge is 2.30. The largest absolute Gasteiger partial charge is 0.416 e. The first kappa shape index (κ1) is 20.2. The fraction of sp³-hybridized carbons (Fsp3) is 0.444. The van der Waals surface area contributed by atoms with Crippen molar-refractivity contribution in [3.05, 3.63) is 46.8 Å². The Morgan fingerprint density at radius 3 is 2.62 bits per heavy atom. The van der Waals surface area contributed by atoms with Gasteiger partial charge >= 0.3 is 6.18 Å². The lowest BCUT2D eigenvalue weighted by Crippen LogP contribution is -2.35. The van der Waals surface area contributed by atoms with Gasteiger partial charge in [-0.05, 0) is 57.1 Å². The molecular weight excluding hydrogens is 361 g/mol. The molecule has 1 aromatic carbocycles. The van der Waals surface area contributed by atoms with Gasteiger partial charge in [-0.15, -0.1) is 0 Å². The number of halogens is 3. The van der Waals surface area contributed by atoms with Gasteiger partial charge in [0.15, 0.2) is 5.11 Å². The molecule has 142 valence electrons. The fourth-order valence-corrected chi connectivity index (χ4v) is 2.83. The second-order valence-corrected chi connectivity index (χ2v) is 6.72. The van der Waals surface area contributed by atoms with Crippen LogP contribution < -0.4 is 10.6 Å². The first-order valence-electron chi connectivity index (χ1n) is 8.39. The molecule has 0 spiro atoms. The van der Waals surface area contributed by atoms with Crippen molar-refractivity contribution in [1.82, 2.24) is 15.1 Å². The normalized spacial score (nSPS) is 12.7. The van der Waals surface area contributed by atoms with Crippen molar-refractivity contribution in [2.45, 2.75) is 52.9 Å². The second kappa shape index (κ2) is 8.07. The number of hydrogen-bond donors (Lipinski definition) is 2. The highest BCUT2D eigenvalue weighted by Crippen LogP contribution is 2.30. The van der Waals surface area contributed by atoms with Gasteiger partial charge in [-0.3, -0.25) is 4.68 Å². The van der Waals surface area contributed by atoms with Gasteiger partial charge in [-0.1, -0.05) is 19.1 Å². The van der Waals surface area contributed by atoms with E-state index in [0.29, 0.717) is 10.7 Å². The van der Waals surface area contributed by atoms with E-state index in [1.54, 1.807) is 10.7 Å². The fourth-order valence-electron chi connectivity index (χ4n) is 2.53. The maximum atomic E-state index is 12.9. The van der Waals surface area contributed by atoms with Gasteiger partial charge in [0, 0.05) is 6.04 Å². The lowest BCUT2D eigenvalue weighted by molar-refractivity contribution is -0.137. The Morgan fingerprint density at radius 1 is 1.31 bits per heavy atom. The van der Waals surface area contributed by atoms with E-state index < -0.39 is 11.7 Å². The van der Waals surface area contributed by atoms with Crippen LogP contribution in [0.25, 0.3) is 0 Å². The van der Waals surface area contributed by atoms with Gasteiger partial charge in [-0.25, -0.2) is 0 Å². The Balaban J connectivity index is 2.19. The lowest BCUT2D eigenvalue weighted by atomic mass is 10.1. The summed E-state index contributed by atoms with van der Waals surface area (Å²) in [6.07, 6.45) is -3.42. The molecule has 2 rings (SSSR count). The third-order valence-electron chi connectivity index (χ3n) is 4.20. The van der Waals surface area contributed by atoms with E-state index in [1.807, 2.05) is 20.8 Å². The number of aryl methyl sites for hydroxylation is 1. The summed E-state index contributed by atoms with van der Waals surface area (Å²) in [6, 6.07) is 5.54. The predicted octanol–water partition coefficient (Wildman–Crippen LogP) is 4.65. The Kier molecular flexibility index (Phi) is 6.28. The molecule has 1 heterocycles. The molecule has 0 unspecified atom stereocenters. The molecule has 0 fully saturated rings. The minimum atomic E-state index is -4.36. The zero-order chi connectivity index (χ0) is 19.5. The van der Waals surface area contributed by atoms with Gasteiger partial charge < -0.3 is 10.6 Å². The maximum absolute atomic E-state index is 12.9. The number of nitrogens with one attached hydrogen (secondary N) is 2. The van der Waals surface area contributed by atoms with Crippen molar-refractivity contribution in [2.24, 2.45) is 0 Å². The number of benzene rings is 1. The molecular formula is C18H23F3N4S. The van der Waals surface area contributed by atoms with Crippen LogP contribution in [0.1, 0.15) is 42.8 Å². The van der Waals surface area contributed by atoms with Crippen LogP contribution in [-0.2, 0) is 12.7 Å². The van der Waals surface area contributed by atoms with E-state index in [1.165, 1.54) is 6.07 Å². The minimum absolute atomic E-state index is 0.246. The summed E-state index contributed by atoms with van der Waals surface area (Å²) >= 11 is 5.31. The first-order chi connectivity index (χ1) is 12.1. The third kappa shape index (κ3) is 4.97. The Morgan fingerprint density at radius 2 is 2.00 bits per heavy atom. The summed E-state index contributed by atoms with van der Waals surface area (Å²) < 4.78 is 40.3. The van der Waals surface area contributed by atoms with Crippen molar-refractivity contribution in [2.75, 3.05) is 5.32 Å². The van der Waals surface area contributed by atoms with E-state index in [4.69, 9.17) is 12.2 Å². The smallest absolute Gasteiger partial charge is 0.360 e. The number of thiocarbonyl (C=S) groups is 1. The molecule has 8 heteroatoms. The topological polar surface area (TPSA) is 41.9 Å². The van der Waals surface area contributed by atoms with E-state index >= 15 is 0 Å². The van der Waals surface area contributed by atoms with Crippen molar-refractivity contribution in [3.63, 3.8) is 0 Å². The van der Waals surface area contributed by atoms with Crippen LogP contribution >= 0.6 is 12.2 Å². The van der Waals surface area contributed by atoms with Crippen LogP contribution in [0.2, 0.25) is 0 Å². The number of anilines is 1. The van der Waals surface area contributed by atoms with Gasteiger partial charge in [0.1, 0.15) is 0 Å². The van der Waals surface area contributed by atoms with Crippen molar-refractivity contribution in [3.8, 4) is 0 Å². The van der Waals surface area contributed by atoms with Gasteiger partial charge in [-0.2, -0.15) is 18.3 Å². The molecule has 2 N–H and O–H groups in total. The Hall–Kier alpha value is -2.09. The zero-order valence-corrected chi connectivity index (χ0v) is 16.1. The number of rotatable bonds is 5. The third-order valence-corrected chi connectivity index (χ3v) is 4.42. The lowest BCUT2D eigenvalue weighted by Gasteiger charge is -2.15. The summed E-state index contributed by atoms with van der Waals surface area (Å²) in [5.74, 6) is 0. The van der Waals surface area contributed by atoms with Crippen LogP contribution in [0.5, 0.6) is 0 Å².